The predicted octanol–water partition coefficient (Wildman–Crippen LogP) is 6.04. The van der Waals surface area contributed by atoms with Crippen molar-refractivity contribution in [3.05, 3.63) is 12.7 Å². The van der Waals surface area contributed by atoms with Crippen molar-refractivity contribution in [3.63, 3.8) is 0 Å². The van der Waals surface area contributed by atoms with Crippen LogP contribution >= 0.6 is 0 Å². The molecule has 148 valence electrons. The number of unbranched alkanes of at least 4 members (excludes halogenated alkanes) is 13. The number of hydrogen-bond donors (Lipinski definition) is 2. The number of carbonyl (C=O) groups excluding carboxylic acids is 1. The highest BCUT2D eigenvalue weighted by molar-refractivity contribution is 5.72. The van der Waals surface area contributed by atoms with Crippen LogP contribution in [0.2, 0.25) is 0 Å². The van der Waals surface area contributed by atoms with Gasteiger partial charge in [0.2, 0.25) is 0 Å². The van der Waals surface area contributed by atoms with E-state index in [0.717, 1.165) is 19.3 Å². The van der Waals surface area contributed by atoms with Crippen LogP contribution in [0.4, 0.5) is 0 Å². The zero-order valence-electron chi connectivity index (χ0n) is 16.3. The van der Waals surface area contributed by atoms with Crippen LogP contribution in [0, 0.1) is 5.92 Å². The van der Waals surface area contributed by atoms with Gasteiger partial charge in [-0.25, -0.2) is 4.79 Å². The van der Waals surface area contributed by atoms with E-state index in [1.807, 2.05) is 0 Å². The van der Waals surface area contributed by atoms with Gasteiger partial charge < -0.3 is 9.99 Å². The standard InChI is InChI=1S/C21H40O4/c1-3-5-6-7-8-9-10-11-12-13-14-15-16-17-18-19(20(22)4-2)21(23)25-24/h4,19-20,22,24H,2-3,5-18H2,1H3. The number of hydrogen-bond acceptors (Lipinski definition) is 4. The highest BCUT2D eigenvalue weighted by atomic mass is 17.1. The average Bonchev–Trinajstić information content (AvgIpc) is 2.63. The second-order valence-electron chi connectivity index (χ2n) is 7.13. The van der Waals surface area contributed by atoms with Gasteiger partial charge in [-0.15, -0.1) is 6.58 Å². The van der Waals surface area contributed by atoms with Crippen LogP contribution < -0.4 is 0 Å². The summed E-state index contributed by atoms with van der Waals surface area (Å²) in [7, 11) is 0. The Morgan fingerprint density at radius 2 is 1.28 bits per heavy atom. The lowest BCUT2D eigenvalue weighted by molar-refractivity contribution is -0.241. The maximum atomic E-state index is 11.4. The van der Waals surface area contributed by atoms with E-state index in [1.54, 1.807) is 0 Å². The van der Waals surface area contributed by atoms with Crippen LogP contribution in [0.5, 0.6) is 0 Å². The Morgan fingerprint density at radius 1 is 0.880 bits per heavy atom. The van der Waals surface area contributed by atoms with Crippen molar-refractivity contribution in [2.75, 3.05) is 0 Å². The molecular weight excluding hydrogens is 316 g/mol. The minimum atomic E-state index is -0.957. The highest BCUT2D eigenvalue weighted by Gasteiger charge is 2.26. The monoisotopic (exact) mass is 356 g/mol. The Labute approximate surface area is 154 Å². The van der Waals surface area contributed by atoms with Crippen LogP contribution in [0.3, 0.4) is 0 Å². The molecule has 0 fully saturated rings. The minimum absolute atomic E-state index is 0.518. The maximum absolute atomic E-state index is 11.4. The van der Waals surface area contributed by atoms with Gasteiger partial charge in [-0.3, -0.25) is 0 Å². The second-order valence-corrected chi connectivity index (χ2v) is 7.13. The second kappa shape index (κ2) is 17.9. The SMILES string of the molecule is C=CC(O)C(CCCCCCCCCCCCCCCC)C(=O)OO. The van der Waals surface area contributed by atoms with E-state index in [4.69, 9.17) is 5.26 Å². The van der Waals surface area contributed by atoms with E-state index in [0.29, 0.717) is 6.42 Å². The smallest absolute Gasteiger partial charge is 0.348 e. The Bertz CT molecular complexity index is 317. The molecule has 0 aliphatic carbocycles. The molecule has 2 atom stereocenters. The lowest BCUT2D eigenvalue weighted by Gasteiger charge is -2.16. The zero-order chi connectivity index (χ0) is 18.8. The molecule has 0 rings (SSSR count). The molecule has 0 aromatic rings. The molecule has 0 aromatic carbocycles. The molecule has 2 unspecified atom stereocenters. The van der Waals surface area contributed by atoms with Crippen LogP contribution in [0.25, 0.3) is 0 Å². The molecule has 0 saturated heterocycles. The first-order chi connectivity index (χ1) is 12.2. The van der Waals surface area contributed by atoms with Gasteiger partial charge in [0.25, 0.3) is 0 Å². The molecule has 4 heteroatoms. The van der Waals surface area contributed by atoms with E-state index in [2.05, 4.69) is 18.4 Å². The molecule has 0 radical (unpaired) electrons. The molecule has 0 saturated carbocycles. The third-order valence-corrected chi connectivity index (χ3v) is 4.92. The first kappa shape index (κ1) is 24.1. The molecule has 0 spiro atoms. The predicted molar refractivity (Wildman–Crippen MR) is 103 cm³/mol. The van der Waals surface area contributed by atoms with Crippen LogP contribution in [-0.2, 0) is 9.68 Å². The van der Waals surface area contributed by atoms with Crippen LogP contribution in [0.15, 0.2) is 12.7 Å². The molecule has 0 aliphatic heterocycles. The zero-order valence-corrected chi connectivity index (χ0v) is 16.3. The Balaban J connectivity index is 3.42. The molecule has 2 N–H and O–H groups in total. The van der Waals surface area contributed by atoms with E-state index < -0.39 is 18.0 Å². The molecule has 0 aliphatic rings. The third kappa shape index (κ3) is 14.0. The molecule has 4 nitrogen and oxygen atoms in total. The summed E-state index contributed by atoms with van der Waals surface area (Å²) in [6.07, 6.45) is 18.8. The fourth-order valence-corrected chi connectivity index (χ4v) is 3.22. The van der Waals surface area contributed by atoms with Gasteiger partial charge in [0.15, 0.2) is 0 Å². The van der Waals surface area contributed by atoms with E-state index >= 15 is 0 Å². The van der Waals surface area contributed by atoms with Crippen LogP contribution in [0.1, 0.15) is 103 Å². The Hall–Kier alpha value is -0.870. The highest BCUT2D eigenvalue weighted by Crippen LogP contribution is 2.18. The molecule has 0 heterocycles. The summed E-state index contributed by atoms with van der Waals surface area (Å²) in [5.41, 5.74) is 0. The number of aliphatic hydroxyl groups excluding tert-OH is 1. The topological polar surface area (TPSA) is 66.8 Å². The van der Waals surface area contributed by atoms with E-state index in [9.17, 15) is 9.90 Å². The van der Waals surface area contributed by atoms with Crippen LogP contribution in [-0.4, -0.2) is 22.4 Å². The quantitative estimate of drug-likeness (QED) is 0.136. The largest absolute Gasteiger partial charge is 0.388 e. The lowest BCUT2D eigenvalue weighted by atomic mass is 9.95. The minimum Gasteiger partial charge on any atom is -0.388 e. The number of aliphatic hydroxyl groups is 1. The van der Waals surface area contributed by atoms with Crippen molar-refractivity contribution in [1.29, 1.82) is 0 Å². The van der Waals surface area contributed by atoms with Gasteiger partial charge in [0.05, 0.1) is 12.0 Å². The third-order valence-electron chi connectivity index (χ3n) is 4.92. The van der Waals surface area contributed by atoms with Gasteiger partial charge in [-0.05, 0) is 6.42 Å². The number of rotatable bonds is 18. The van der Waals surface area contributed by atoms with Gasteiger partial charge in [-0.1, -0.05) is 103 Å². The van der Waals surface area contributed by atoms with Crippen molar-refractivity contribution < 1.29 is 20.0 Å². The van der Waals surface area contributed by atoms with Crippen molar-refractivity contribution in [1.82, 2.24) is 0 Å². The molecule has 0 amide bonds. The first-order valence-corrected chi connectivity index (χ1v) is 10.3. The van der Waals surface area contributed by atoms with Gasteiger partial charge in [0.1, 0.15) is 0 Å². The molecular formula is C21H40O4. The van der Waals surface area contributed by atoms with E-state index in [1.165, 1.54) is 76.7 Å². The number of carbonyl (C=O) groups is 1. The molecule has 0 bridgehead atoms. The normalized spacial score (nSPS) is 13.4. The summed E-state index contributed by atoms with van der Waals surface area (Å²) >= 11 is 0. The molecule has 0 aromatic heterocycles. The Morgan fingerprint density at radius 3 is 1.64 bits per heavy atom. The molecule has 25 heavy (non-hydrogen) atoms. The van der Waals surface area contributed by atoms with Crippen molar-refractivity contribution in [2.45, 2.75) is 109 Å². The fourth-order valence-electron chi connectivity index (χ4n) is 3.22. The van der Waals surface area contributed by atoms with Gasteiger partial charge in [0, 0.05) is 0 Å². The van der Waals surface area contributed by atoms with Crippen molar-refractivity contribution in [2.24, 2.45) is 5.92 Å². The average molecular weight is 357 g/mol. The summed E-state index contributed by atoms with van der Waals surface area (Å²) in [6, 6.07) is 0. The summed E-state index contributed by atoms with van der Waals surface area (Å²) < 4.78 is 0. The Kier molecular flexibility index (Phi) is 17.3. The summed E-state index contributed by atoms with van der Waals surface area (Å²) in [6.45, 7) is 5.73. The van der Waals surface area contributed by atoms with Gasteiger partial charge in [-0.2, -0.15) is 5.26 Å². The fraction of sp³-hybridized carbons (Fsp3) is 0.857. The van der Waals surface area contributed by atoms with E-state index in [-0.39, 0.29) is 0 Å². The van der Waals surface area contributed by atoms with Gasteiger partial charge >= 0.3 is 5.97 Å². The summed E-state index contributed by atoms with van der Waals surface area (Å²) in [5, 5.41) is 18.2. The summed E-state index contributed by atoms with van der Waals surface area (Å²) in [4.78, 5) is 15.2. The maximum Gasteiger partial charge on any atom is 0.348 e. The lowest BCUT2D eigenvalue weighted by Crippen LogP contribution is -2.27. The van der Waals surface area contributed by atoms with Crippen molar-refractivity contribution >= 4 is 5.97 Å². The summed E-state index contributed by atoms with van der Waals surface area (Å²) in [5.74, 6) is -1.48. The first-order valence-electron chi connectivity index (χ1n) is 10.3. The van der Waals surface area contributed by atoms with Crippen molar-refractivity contribution in [3.8, 4) is 0 Å².